The molecule has 7 heteroatoms. The highest BCUT2D eigenvalue weighted by Crippen LogP contribution is 2.32. The zero-order valence-electron chi connectivity index (χ0n) is 10.6. The van der Waals surface area contributed by atoms with Crippen LogP contribution in [0.25, 0.3) is 0 Å². The van der Waals surface area contributed by atoms with E-state index in [2.05, 4.69) is 0 Å². The van der Waals surface area contributed by atoms with Crippen molar-refractivity contribution in [1.82, 2.24) is 4.90 Å². The van der Waals surface area contributed by atoms with Crippen LogP contribution in [0.15, 0.2) is 18.2 Å². The summed E-state index contributed by atoms with van der Waals surface area (Å²) in [5.74, 6) is -0.632. The Hall–Kier alpha value is -1.21. The van der Waals surface area contributed by atoms with Gasteiger partial charge in [0.25, 0.3) is 0 Å². The Kier molecular flexibility index (Phi) is 4.29. The molecule has 0 aliphatic heterocycles. The Labute approximate surface area is 119 Å². The molecule has 1 saturated carbocycles. The van der Waals surface area contributed by atoms with Gasteiger partial charge in [0.05, 0.1) is 6.54 Å². The Morgan fingerprint density at radius 2 is 2.00 bits per heavy atom. The third-order valence-electron chi connectivity index (χ3n) is 3.16. The molecule has 0 aromatic heterocycles. The van der Waals surface area contributed by atoms with Crippen LogP contribution in [0.2, 0.25) is 0 Å². The van der Waals surface area contributed by atoms with Gasteiger partial charge in [0, 0.05) is 23.7 Å². The summed E-state index contributed by atoms with van der Waals surface area (Å²) in [4.78, 5) is 1.15. The van der Waals surface area contributed by atoms with Gasteiger partial charge in [-0.15, -0.1) is 0 Å². The van der Waals surface area contributed by atoms with Crippen LogP contribution in [0.3, 0.4) is 0 Å². The van der Waals surface area contributed by atoms with Crippen LogP contribution < -0.4 is 5.73 Å². The lowest BCUT2D eigenvalue weighted by Crippen LogP contribution is -2.35. The second-order valence-corrected chi connectivity index (χ2v) is 5.33. The number of benzene rings is 1. The summed E-state index contributed by atoms with van der Waals surface area (Å²) in [5, 5.41) is 0. The molecule has 0 radical (unpaired) electrons. The number of hydrogen-bond donors (Lipinski definition) is 1. The van der Waals surface area contributed by atoms with Crippen molar-refractivity contribution >= 4 is 17.2 Å². The van der Waals surface area contributed by atoms with Gasteiger partial charge in [-0.05, 0) is 18.9 Å². The van der Waals surface area contributed by atoms with E-state index in [1.165, 1.54) is 17.0 Å². The molecule has 1 fully saturated rings. The Morgan fingerprint density at radius 1 is 1.35 bits per heavy atom. The van der Waals surface area contributed by atoms with Crippen molar-refractivity contribution in [3.8, 4) is 0 Å². The number of alkyl halides is 3. The monoisotopic (exact) mass is 306 g/mol. The van der Waals surface area contributed by atoms with Crippen LogP contribution >= 0.6 is 12.2 Å². The first-order valence-corrected chi connectivity index (χ1v) is 6.57. The number of halogens is 4. The fourth-order valence-electron chi connectivity index (χ4n) is 2.10. The number of nitrogens with zero attached hydrogens (tertiary/aromatic N) is 1. The highest BCUT2D eigenvalue weighted by atomic mass is 32.1. The van der Waals surface area contributed by atoms with Gasteiger partial charge in [-0.25, -0.2) is 4.39 Å². The van der Waals surface area contributed by atoms with E-state index >= 15 is 0 Å². The number of thiocarbonyl (C=S) groups is 1. The minimum absolute atomic E-state index is 0.0697. The van der Waals surface area contributed by atoms with Crippen molar-refractivity contribution < 1.29 is 17.6 Å². The van der Waals surface area contributed by atoms with E-state index < -0.39 is 18.5 Å². The van der Waals surface area contributed by atoms with Gasteiger partial charge in [0.1, 0.15) is 10.8 Å². The summed E-state index contributed by atoms with van der Waals surface area (Å²) in [6.07, 6.45) is -2.86. The predicted molar refractivity (Wildman–Crippen MR) is 71.8 cm³/mol. The SMILES string of the molecule is NC(=S)c1cccc(CN(CC(F)(F)F)C2CC2)c1F. The van der Waals surface area contributed by atoms with Gasteiger partial charge < -0.3 is 5.73 Å². The molecule has 0 amide bonds. The topological polar surface area (TPSA) is 29.3 Å². The molecule has 0 unspecified atom stereocenters. The first-order valence-electron chi connectivity index (χ1n) is 6.16. The number of rotatable bonds is 5. The van der Waals surface area contributed by atoms with Crippen molar-refractivity contribution in [1.29, 1.82) is 0 Å². The van der Waals surface area contributed by atoms with Crippen LogP contribution in [0.4, 0.5) is 17.6 Å². The third-order valence-corrected chi connectivity index (χ3v) is 3.38. The van der Waals surface area contributed by atoms with Crippen molar-refractivity contribution in [2.24, 2.45) is 5.73 Å². The Balaban J connectivity index is 2.18. The van der Waals surface area contributed by atoms with Crippen LogP contribution in [0, 0.1) is 5.82 Å². The van der Waals surface area contributed by atoms with E-state index in [1.807, 2.05) is 0 Å². The fraction of sp³-hybridized carbons (Fsp3) is 0.462. The molecule has 1 aromatic carbocycles. The summed E-state index contributed by atoms with van der Waals surface area (Å²) in [6.45, 7) is -1.12. The molecule has 0 heterocycles. The van der Waals surface area contributed by atoms with Crippen LogP contribution in [0.5, 0.6) is 0 Å². The zero-order valence-corrected chi connectivity index (χ0v) is 11.4. The van der Waals surface area contributed by atoms with E-state index in [4.69, 9.17) is 18.0 Å². The van der Waals surface area contributed by atoms with Gasteiger partial charge in [0.2, 0.25) is 0 Å². The molecule has 0 saturated heterocycles. The maximum absolute atomic E-state index is 14.1. The molecule has 20 heavy (non-hydrogen) atoms. The van der Waals surface area contributed by atoms with E-state index in [1.54, 1.807) is 6.07 Å². The molecule has 0 atom stereocenters. The minimum atomic E-state index is -4.29. The first kappa shape index (κ1) is 15.2. The highest BCUT2D eigenvalue weighted by Gasteiger charge is 2.38. The van der Waals surface area contributed by atoms with Crippen LogP contribution in [-0.4, -0.2) is 28.7 Å². The average molecular weight is 306 g/mol. The van der Waals surface area contributed by atoms with Crippen molar-refractivity contribution in [3.63, 3.8) is 0 Å². The lowest BCUT2D eigenvalue weighted by atomic mass is 10.1. The minimum Gasteiger partial charge on any atom is -0.389 e. The molecule has 0 spiro atoms. The zero-order chi connectivity index (χ0) is 14.9. The standard InChI is InChI=1S/C13H14F4N2S/c14-11-8(2-1-3-10(11)12(18)20)6-19(9-4-5-9)7-13(15,16)17/h1-3,9H,4-7H2,(H2,18,20). The van der Waals surface area contributed by atoms with Gasteiger partial charge in [-0.1, -0.05) is 24.4 Å². The van der Waals surface area contributed by atoms with Crippen molar-refractivity contribution in [2.45, 2.75) is 31.6 Å². The molecule has 110 valence electrons. The Morgan fingerprint density at radius 3 is 2.50 bits per heavy atom. The van der Waals surface area contributed by atoms with E-state index in [0.717, 1.165) is 0 Å². The maximum Gasteiger partial charge on any atom is 0.401 e. The summed E-state index contributed by atoms with van der Waals surface area (Å²) < 4.78 is 51.7. The molecule has 2 rings (SSSR count). The van der Waals surface area contributed by atoms with Gasteiger partial charge >= 0.3 is 6.18 Å². The summed E-state index contributed by atoms with van der Waals surface area (Å²) in [6, 6.07) is 4.31. The van der Waals surface area contributed by atoms with Gasteiger partial charge in [-0.2, -0.15) is 13.2 Å². The molecule has 2 nitrogen and oxygen atoms in total. The summed E-state index contributed by atoms with van der Waals surface area (Å²) >= 11 is 4.72. The quantitative estimate of drug-likeness (QED) is 0.670. The average Bonchev–Trinajstić information content (AvgIpc) is 3.12. The van der Waals surface area contributed by atoms with Crippen molar-refractivity contribution in [3.05, 3.63) is 35.1 Å². The molecule has 1 aliphatic carbocycles. The number of hydrogen-bond acceptors (Lipinski definition) is 2. The third kappa shape index (κ3) is 3.89. The largest absolute Gasteiger partial charge is 0.401 e. The first-order chi connectivity index (χ1) is 9.28. The number of nitrogens with two attached hydrogens (primary N) is 1. The molecule has 2 N–H and O–H groups in total. The van der Waals surface area contributed by atoms with Gasteiger partial charge in [0.15, 0.2) is 0 Å². The van der Waals surface area contributed by atoms with E-state index in [-0.39, 0.29) is 28.7 Å². The Bertz CT molecular complexity index is 512. The highest BCUT2D eigenvalue weighted by molar-refractivity contribution is 7.80. The second-order valence-electron chi connectivity index (χ2n) is 4.89. The second kappa shape index (κ2) is 5.65. The smallest absolute Gasteiger partial charge is 0.389 e. The lowest BCUT2D eigenvalue weighted by molar-refractivity contribution is -0.148. The molecule has 1 aromatic rings. The normalized spacial score (nSPS) is 15.7. The lowest BCUT2D eigenvalue weighted by Gasteiger charge is -2.24. The molecular weight excluding hydrogens is 292 g/mol. The van der Waals surface area contributed by atoms with E-state index in [9.17, 15) is 17.6 Å². The molecular formula is C13H14F4N2S. The summed E-state index contributed by atoms with van der Waals surface area (Å²) in [7, 11) is 0. The van der Waals surface area contributed by atoms with Crippen molar-refractivity contribution in [2.75, 3.05) is 6.54 Å². The van der Waals surface area contributed by atoms with Crippen LogP contribution in [0.1, 0.15) is 24.0 Å². The maximum atomic E-state index is 14.1. The molecule has 0 bridgehead atoms. The van der Waals surface area contributed by atoms with Crippen LogP contribution in [-0.2, 0) is 6.54 Å². The fourth-order valence-corrected chi connectivity index (χ4v) is 2.25. The van der Waals surface area contributed by atoms with Gasteiger partial charge in [-0.3, -0.25) is 4.90 Å². The summed E-state index contributed by atoms with van der Waals surface area (Å²) in [5.41, 5.74) is 5.64. The molecule has 1 aliphatic rings. The predicted octanol–water partition coefficient (Wildman–Crippen LogP) is 2.99. The van der Waals surface area contributed by atoms with E-state index in [0.29, 0.717) is 12.8 Å².